The summed E-state index contributed by atoms with van der Waals surface area (Å²) >= 11 is 0. The Morgan fingerprint density at radius 3 is 2.88 bits per heavy atom. The average Bonchev–Trinajstić information content (AvgIpc) is 2.66. The maximum absolute atomic E-state index is 12.0. The van der Waals surface area contributed by atoms with Crippen molar-refractivity contribution in [2.75, 3.05) is 43.0 Å². The number of carbonyl (C=O) groups is 1. The van der Waals surface area contributed by atoms with Crippen molar-refractivity contribution >= 4 is 17.3 Å². The highest BCUT2D eigenvalue weighted by Gasteiger charge is 2.15. The number of carbonyl (C=O) groups excluding carboxylic acids is 1. The minimum atomic E-state index is -0.164. The molecule has 0 aliphatic carbocycles. The van der Waals surface area contributed by atoms with Crippen LogP contribution in [-0.2, 0) is 6.42 Å². The van der Waals surface area contributed by atoms with E-state index in [9.17, 15) is 4.79 Å². The number of rotatable bonds is 7. The molecule has 25 heavy (non-hydrogen) atoms. The van der Waals surface area contributed by atoms with Gasteiger partial charge in [0.15, 0.2) is 0 Å². The number of para-hydroxylation sites is 1. The molecular weight excluding hydrogens is 314 g/mol. The van der Waals surface area contributed by atoms with Gasteiger partial charge in [0.1, 0.15) is 0 Å². The quantitative estimate of drug-likeness (QED) is 0.724. The minimum absolute atomic E-state index is 0.0546. The highest BCUT2D eigenvalue weighted by molar-refractivity contribution is 5.95. The van der Waals surface area contributed by atoms with Crippen LogP contribution >= 0.6 is 0 Å². The Labute approximate surface area is 148 Å². The third kappa shape index (κ3) is 4.51. The Kier molecular flexibility index (Phi) is 5.90. The third-order valence-corrected chi connectivity index (χ3v) is 4.44. The summed E-state index contributed by atoms with van der Waals surface area (Å²) in [6, 6.07) is 16.1. The van der Waals surface area contributed by atoms with Crippen molar-refractivity contribution in [3.63, 3.8) is 0 Å². The molecular formula is C20H25N3O2. The fraction of sp³-hybridized carbons (Fsp3) is 0.350. The molecule has 1 heterocycles. The summed E-state index contributed by atoms with van der Waals surface area (Å²) < 4.78 is 0. The predicted octanol–water partition coefficient (Wildman–Crippen LogP) is 2.27. The number of benzene rings is 2. The van der Waals surface area contributed by atoms with Crippen molar-refractivity contribution in [1.82, 2.24) is 5.32 Å². The molecule has 2 aromatic carbocycles. The maximum Gasteiger partial charge on any atom is 0.251 e. The third-order valence-electron chi connectivity index (χ3n) is 4.44. The van der Waals surface area contributed by atoms with E-state index < -0.39 is 0 Å². The summed E-state index contributed by atoms with van der Waals surface area (Å²) in [4.78, 5) is 14.4. The fourth-order valence-electron chi connectivity index (χ4n) is 3.22. The van der Waals surface area contributed by atoms with Gasteiger partial charge >= 0.3 is 0 Å². The molecule has 1 aliphatic rings. The van der Waals surface area contributed by atoms with Crippen molar-refractivity contribution in [2.45, 2.75) is 12.8 Å². The first-order valence-electron chi connectivity index (χ1n) is 8.84. The summed E-state index contributed by atoms with van der Waals surface area (Å²) in [6.45, 7) is 3.04. The molecule has 0 saturated heterocycles. The van der Waals surface area contributed by atoms with E-state index in [4.69, 9.17) is 5.11 Å². The van der Waals surface area contributed by atoms with Gasteiger partial charge in [-0.3, -0.25) is 4.79 Å². The molecule has 132 valence electrons. The molecule has 0 radical (unpaired) electrons. The molecule has 5 heteroatoms. The van der Waals surface area contributed by atoms with Crippen molar-refractivity contribution in [3.8, 4) is 0 Å². The molecule has 0 aromatic heterocycles. The number of anilines is 2. The smallest absolute Gasteiger partial charge is 0.251 e. The zero-order valence-electron chi connectivity index (χ0n) is 14.4. The number of aliphatic hydroxyl groups is 1. The van der Waals surface area contributed by atoms with Gasteiger partial charge in [0.05, 0.1) is 6.61 Å². The van der Waals surface area contributed by atoms with Crippen LogP contribution in [0.1, 0.15) is 22.3 Å². The SMILES string of the molecule is O=C(NCCO)c1cccc(NCCN2CCCc3ccccc32)c1. The van der Waals surface area contributed by atoms with E-state index in [0.717, 1.165) is 31.7 Å². The molecule has 0 spiro atoms. The molecule has 0 bridgehead atoms. The predicted molar refractivity (Wildman–Crippen MR) is 101 cm³/mol. The van der Waals surface area contributed by atoms with Gasteiger partial charge in [-0.15, -0.1) is 0 Å². The van der Waals surface area contributed by atoms with Gasteiger partial charge in [-0.05, 0) is 42.7 Å². The van der Waals surface area contributed by atoms with Gasteiger partial charge < -0.3 is 20.6 Å². The van der Waals surface area contributed by atoms with Crippen molar-refractivity contribution in [2.24, 2.45) is 0 Å². The van der Waals surface area contributed by atoms with E-state index in [1.54, 1.807) is 6.07 Å². The van der Waals surface area contributed by atoms with Crippen LogP contribution in [-0.4, -0.2) is 43.8 Å². The molecule has 1 amide bonds. The van der Waals surface area contributed by atoms with Gasteiger partial charge in [0, 0.05) is 43.1 Å². The highest BCUT2D eigenvalue weighted by atomic mass is 16.3. The van der Waals surface area contributed by atoms with Crippen LogP contribution in [0.25, 0.3) is 0 Å². The van der Waals surface area contributed by atoms with Crippen molar-refractivity contribution < 1.29 is 9.90 Å². The number of nitrogens with one attached hydrogen (secondary N) is 2. The Bertz CT molecular complexity index is 718. The standard InChI is InChI=1S/C20H25N3O2/c24-14-11-22-20(25)17-6-3-8-18(15-17)21-10-13-23-12-4-7-16-5-1-2-9-19(16)23/h1-3,5-6,8-9,15,21,24H,4,7,10-14H2,(H,22,25). The number of amides is 1. The van der Waals surface area contributed by atoms with Crippen LogP contribution < -0.4 is 15.5 Å². The molecule has 0 saturated carbocycles. The lowest BCUT2D eigenvalue weighted by atomic mass is 10.0. The lowest BCUT2D eigenvalue weighted by Crippen LogP contribution is -2.33. The Balaban J connectivity index is 1.55. The maximum atomic E-state index is 12.0. The van der Waals surface area contributed by atoms with Gasteiger partial charge in [0.25, 0.3) is 5.91 Å². The monoisotopic (exact) mass is 339 g/mol. The van der Waals surface area contributed by atoms with E-state index >= 15 is 0 Å². The van der Waals surface area contributed by atoms with E-state index in [0.29, 0.717) is 5.56 Å². The second kappa shape index (κ2) is 8.53. The summed E-state index contributed by atoms with van der Waals surface area (Å²) in [5, 5.41) is 14.9. The Morgan fingerprint density at radius 2 is 2.00 bits per heavy atom. The molecule has 0 unspecified atom stereocenters. The number of fused-ring (bicyclic) bond motifs is 1. The van der Waals surface area contributed by atoms with Crippen LogP contribution in [0.5, 0.6) is 0 Å². The zero-order valence-corrected chi connectivity index (χ0v) is 14.4. The van der Waals surface area contributed by atoms with Crippen LogP contribution in [0.2, 0.25) is 0 Å². The zero-order chi connectivity index (χ0) is 17.5. The summed E-state index contributed by atoms with van der Waals surface area (Å²) in [5.74, 6) is -0.164. The van der Waals surface area contributed by atoms with Gasteiger partial charge in [-0.1, -0.05) is 24.3 Å². The molecule has 3 N–H and O–H groups in total. The summed E-state index contributed by atoms with van der Waals surface area (Å²) in [5.41, 5.74) is 4.30. The van der Waals surface area contributed by atoms with Crippen LogP contribution in [0.3, 0.4) is 0 Å². The molecule has 0 fully saturated rings. The molecule has 5 nitrogen and oxygen atoms in total. The van der Waals surface area contributed by atoms with Gasteiger partial charge in [0.2, 0.25) is 0 Å². The van der Waals surface area contributed by atoms with E-state index in [1.165, 1.54) is 17.7 Å². The second-order valence-electron chi connectivity index (χ2n) is 6.21. The lowest BCUT2D eigenvalue weighted by molar-refractivity contribution is 0.0945. The summed E-state index contributed by atoms with van der Waals surface area (Å²) in [7, 11) is 0. The normalized spacial score (nSPS) is 13.2. The minimum Gasteiger partial charge on any atom is -0.395 e. The first kappa shape index (κ1) is 17.3. The first-order chi connectivity index (χ1) is 12.3. The van der Waals surface area contributed by atoms with Crippen LogP contribution in [0.15, 0.2) is 48.5 Å². The fourth-order valence-corrected chi connectivity index (χ4v) is 3.22. The Hall–Kier alpha value is -2.53. The highest BCUT2D eigenvalue weighted by Crippen LogP contribution is 2.26. The summed E-state index contributed by atoms with van der Waals surface area (Å²) in [6.07, 6.45) is 2.35. The average molecular weight is 339 g/mol. The van der Waals surface area contributed by atoms with Gasteiger partial charge in [-0.25, -0.2) is 0 Å². The molecule has 2 aromatic rings. The molecule has 0 atom stereocenters. The largest absolute Gasteiger partial charge is 0.395 e. The Morgan fingerprint density at radius 1 is 1.12 bits per heavy atom. The van der Waals surface area contributed by atoms with E-state index in [-0.39, 0.29) is 19.1 Å². The topological polar surface area (TPSA) is 64.6 Å². The van der Waals surface area contributed by atoms with Gasteiger partial charge in [-0.2, -0.15) is 0 Å². The van der Waals surface area contributed by atoms with Crippen molar-refractivity contribution in [1.29, 1.82) is 0 Å². The van der Waals surface area contributed by atoms with Crippen molar-refractivity contribution in [3.05, 3.63) is 59.7 Å². The van der Waals surface area contributed by atoms with E-state index in [2.05, 4.69) is 39.8 Å². The number of aliphatic hydroxyl groups excluding tert-OH is 1. The molecule has 3 rings (SSSR count). The molecule has 1 aliphatic heterocycles. The number of aryl methyl sites for hydroxylation is 1. The number of hydrogen-bond donors (Lipinski definition) is 3. The van der Waals surface area contributed by atoms with Crippen LogP contribution in [0.4, 0.5) is 11.4 Å². The number of nitrogens with zero attached hydrogens (tertiary/aromatic N) is 1. The lowest BCUT2D eigenvalue weighted by Gasteiger charge is -2.31. The first-order valence-corrected chi connectivity index (χ1v) is 8.84. The second-order valence-corrected chi connectivity index (χ2v) is 6.21. The number of hydrogen-bond acceptors (Lipinski definition) is 4. The van der Waals surface area contributed by atoms with E-state index in [1.807, 2.05) is 18.2 Å². The van der Waals surface area contributed by atoms with Crippen LogP contribution in [0, 0.1) is 0 Å².